The minimum atomic E-state index is -2.97. The van der Waals surface area contributed by atoms with Crippen LogP contribution >= 0.6 is 0 Å². The number of alkyl halides is 2. The molecule has 1 amide bonds. The van der Waals surface area contributed by atoms with Crippen LogP contribution in [0.2, 0.25) is 0 Å². The number of aromatic nitrogens is 2. The summed E-state index contributed by atoms with van der Waals surface area (Å²) in [5.74, 6) is -0.627. The second-order valence-electron chi connectivity index (χ2n) is 4.11. The summed E-state index contributed by atoms with van der Waals surface area (Å²) in [5, 5.41) is 2.48. The average molecular weight is 296 g/mol. The molecule has 3 N–H and O–H groups in total. The molecule has 0 radical (unpaired) electrons. The predicted octanol–water partition coefficient (Wildman–Crippen LogP) is 1.70. The molecule has 112 valence electrons. The van der Waals surface area contributed by atoms with E-state index >= 15 is 0 Å². The SMILES string of the molecule is NCCn1cnc(C(=O)Nc2ccccc2OC(F)F)c1. The molecule has 0 aliphatic rings. The number of halogens is 2. The first-order chi connectivity index (χ1) is 10.1. The second kappa shape index (κ2) is 6.80. The van der Waals surface area contributed by atoms with Crippen molar-refractivity contribution in [2.45, 2.75) is 13.2 Å². The van der Waals surface area contributed by atoms with Crippen LogP contribution in [0.5, 0.6) is 5.75 Å². The van der Waals surface area contributed by atoms with Gasteiger partial charge in [0.1, 0.15) is 11.4 Å². The van der Waals surface area contributed by atoms with E-state index in [0.29, 0.717) is 13.1 Å². The topological polar surface area (TPSA) is 82.2 Å². The Morgan fingerprint density at radius 3 is 2.90 bits per heavy atom. The number of rotatable bonds is 6. The van der Waals surface area contributed by atoms with Gasteiger partial charge in [0, 0.05) is 19.3 Å². The Bertz CT molecular complexity index is 616. The summed E-state index contributed by atoms with van der Waals surface area (Å²) >= 11 is 0. The van der Waals surface area contributed by atoms with E-state index in [1.807, 2.05) is 0 Å². The number of nitrogens with zero attached hydrogens (tertiary/aromatic N) is 2. The number of para-hydroxylation sites is 2. The molecule has 0 saturated carbocycles. The van der Waals surface area contributed by atoms with E-state index in [-0.39, 0.29) is 17.1 Å². The lowest BCUT2D eigenvalue weighted by Crippen LogP contribution is -2.14. The summed E-state index contributed by atoms with van der Waals surface area (Å²) in [6.45, 7) is -2.01. The highest BCUT2D eigenvalue weighted by Crippen LogP contribution is 2.25. The molecule has 2 rings (SSSR count). The lowest BCUT2D eigenvalue weighted by Gasteiger charge is -2.10. The number of anilines is 1. The summed E-state index contributed by atoms with van der Waals surface area (Å²) in [6.07, 6.45) is 3.00. The van der Waals surface area contributed by atoms with E-state index in [4.69, 9.17) is 5.73 Å². The fraction of sp³-hybridized carbons (Fsp3) is 0.231. The molecule has 0 spiro atoms. The molecule has 0 fully saturated rings. The van der Waals surface area contributed by atoms with E-state index in [1.54, 1.807) is 10.6 Å². The van der Waals surface area contributed by atoms with Crippen molar-refractivity contribution < 1.29 is 18.3 Å². The molecule has 0 atom stereocenters. The Morgan fingerprint density at radius 2 is 2.19 bits per heavy atom. The first-order valence-electron chi connectivity index (χ1n) is 6.17. The van der Waals surface area contributed by atoms with Crippen molar-refractivity contribution in [3.8, 4) is 5.75 Å². The zero-order valence-corrected chi connectivity index (χ0v) is 11.0. The Morgan fingerprint density at radius 1 is 1.43 bits per heavy atom. The molecule has 0 bridgehead atoms. The first-order valence-corrected chi connectivity index (χ1v) is 6.17. The zero-order chi connectivity index (χ0) is 15.2. The van der Waals surface area contributed by atoms with Gasteiger partial charge < -0.3 is 20.4 Å². The standard InChI is InChI=1S/C13H14F2N4O2/c14-13(15)21-11-4-2-1-3-9(11)18-12(20)10-7-19(6-5-16)8-17-10/h1-4,7-8,13H,5-6,16H2,(H,18,20). The molecule has 21 heavy (non-hydrogen) atoms. The Balaban J connectivity index is 2.11. The maximum Gasteiger partial charge on any atom is 0.387 e. The summed E-state index contributed by atoms with van der Waals surface area (Å²) in [7, 11) is 0. The maximum atomic E-state index is 12.3. The summed E-state index contributed by atoms with van der Waals surface area (Å²) in [4.78, 5) is 15.9. The van der Waals surface area contributed by atoms with Gasteiger partial charge >= 0.3 is 6.61 Å². The van der Waals surface area contributed by atoms with Crippen LogP contribution in [-0.4, -0.2) is 28.6 Å². The number of carbonyl (C=O) groups excluding carboxylic acids is 1. The third-order valence-electron chi connectivity index (χ3n) is 2.60. The number of nitrogens with two attached hydrogens (primary N) is 1. The van der Waals surface area contributed by atoms with Crippen molar-refractivity contribution >= 4 is 11.6 Å². The van der Waals surface area contributed by atoms with Crippen LogP contribution in [0.4, 0.5) is 14.5 Å². The quantitative estimate of drug-likeness (QED) is 0.850. The Kier molecular flexibility index (Phi) is 4.83. The van der Waals surface area contributed by atoms with Crippen molar-refractivity contribution in [3.63, 3.8) is 0 Å². The monoisotopic (exact) mass is 296 g/mol. The summed E-state index contributed by atoms with van der Waals surface area (Å²) in [5.41, 5.74) is 5.71. The van der Waals surface area contributed by atoms with Gasteiger partial charge in [-0.15, -0.1) is 0 Å². The lowest BCUT2D eigenvalue weighted by molar-refractivity contribution is -0.0493. The molecule has 1 aromatic heterocycles. The summed E-state index contributed by atoms with van der Waals surface area (Å²) < 4.78 is 30.6. The lowest BCUT2D eigenvalue weighted by atomic mass is 10.3. The van der Waals surface area contributed by atoms with Crippen LogP contribution in [0, 0.1) is 0 Å². The highest BCUT2D eigenvalue weighted by molar-refractivity contribution is 6.03. The van der Waals surface area contributed by atoms with Gasteiger partial charge in [-0.05, 0) is 12.1 Å². The fourth-order valence-corrected chi connectivity index (χ4v) is 1.70. The predicted molar refractivity (Wildman–Crippen MR) is 72.3 cm³/mol. The fourth-order valence-electron chi connectivity index (χ4n) is 1.70. The number of benzene rings is 1. The highest BCUT2D eigenvalue weighted by Gasteiger charge is 2.14. The minimum Gasteiger partial charge on any atom is -0.433 e. The van der Waals surface area contributed by atoms with Crippen LogP contribution in [0.25, 0.3) is 0 Å². The Hall–Kier alpha value is -2.48. The van der Waals surface area contributed by atoms with E-state index in [1.165, 1.54) is 30.7 Å². The van der Waals surface area contributed by atoms with Crippen LogP contribution < -0.4 is 15.8 Å². The minimum absolute atomic E-state index is 0.109. The third kappa shape index (κ3) is 3.99. The second-order valence-corrected chi connectivity index (χ2v) is 4.11. The van der Waals surface area contributed by atoms with Crippen LogP contribution in [0.3, 0.4) is 0 Å². The Labute approximate surface area is 119 Å². The van der Waals surface area contributed by atoms with Gasteiger partial charge in [0.25, 0.3) is 5.91 Å². The van der Waals surface area contributed by atoms with Gasteiger partial charge in [-0.25, -0.2) is 4.98 Å². The molecule has 0 aliphatic carbocycles. The molecule has 6 nitrogen and oxygen atoms in total. The maximum absolute atomic E-state index is 12.3. The van der Waals surface area contributed by atoms with Crippen LogP contribution in [0.1, 0.15) is 10.5 Å². The number of hydrogen-bond acceptors (Lipinski definition) is 4. The summed E-state index contributed by atoms with van der Waals surface area (Å²) in [6, 6.07) is 5.94. The van der Waals surface area contributed by atoms with Gasteiger partial charge in [-0.3, -0.25) is 4.79 Å². The van der Waals surface area contributed by atoms with Crippen molar-refractivity contribution in [1.29, 1.82) is 0 Å². The van der Waals surface area contributed by atoms with Gasteiger partial charge in [0.05, 0.1) is 12.0 Å². The van der Waals surface area contributed by atoms with E-state index in [9.17, 15) is 13.6 Å². The van der Waals surface area contributed by atoms with Gasteiger partial charge in [0.15, 0.2) is 0 Å². The van der Waals surface area contributed by atoms with E-state index in [2.05, 4.69) is 15.0 Å². The molecule has 0 aliphatic heterocycles. The smallest absolute Gasteiger partial charge is 0.387 e. The number of amides is 1. The molecule has 1 heterocycles. The van der Waals surface area contributed by atoms with Gasteiger partial charge in [-0.2, -0.15) is 8.78 Å². The molecule has 8 heteroatoms. The van der Waals surface area contributed by atoms with Gasteiger partial charge in [-0.1, -0.05) is 12.1 Å². The first kappa shape index (κ1) is 14.9. The van der Waals surface area contributed by atoms with Gasteiger partial charge in [0.2, 0.25) is 0 Å². The molecular formula is C13H14F2N4O2. The molecule has 0 saturated heterocycles. The van der Waals surface area contributed by atoms with E-state index in [0.717, 1.165) is 0 Å². The van der Waals surface area contributed by atoms with Crippen molar-refractivity contribution in [2.75, 3.05) is 11.9 Å². The number of carbonyl (C=O) groups is 1. The average Bonchev–Trinajstić information content (AvgIpc) is 2.89. The molecular weight excluding hydrogens is 282 g/mol. The highest BCUT2D eigenvalue weighted by atomic mass is 19.3. The molecule has 2 aromatic rings. The van der Waals surface area contributed by atoms with E-state index < -0.39 is 12.5 Å². The molecule has 0 unspecified atom stereocenters. The molecule has 1 aromatic carbocycles. The zero-order valence-electron chi connectivity index (χ0n) is 11.0. The normalized spacial score (nSPS) is 10.7. The van der Waals surface area contributed by atoms with Crippen LogP contribution in [0.15, 0.2) is 36.8 Å². The largest absolute Gasteiger partial charge is 0.433 e. The number of hydrogen-bond donors (Lipinski definition) is 2. The number of imidazole rings is 1. The number of ether oxygens (including phenoxy) is 1. The third-order valence-corrected chi connectivity index (χ3v) is 2.60. The number of nitrogens with one attached hydrogen (secondary N) is 1. The van der Waals surface area contributed by atoms with Crippen molar-refractivity contribution in [2.24, 2.45) is 5.73 Å². The van der Waals surface area contributed by atoms with Crippen molar-refractivity contribution in [1.82, 2.24) is 9.55 Å². The van der Waals surface area contributed by atoms with Crippen molar-refractivity contribution in [3.05, 3.63) is 42.5 Å². The van der Waals surface area contributed by atoms with Crippen LogP contribution in [-0.2, 0) is 6.54 Å².